The lowest BCUT2D eigenvalue weighted by Gasteiger charge is -2.10. The molecular formula is C11H9NO6. The van der Waals surface area contributed by atoms with Crippen molar-refractivity contribution in [1.82, 2.24) is 0 Å². The van der Waals surface area contributed by atoms with Gasteiger partial charge in [-0.05, 0) is 12.0 Å². The van der Waals surface area contributed by atoms with Crippen molar-refractivity contribution in [1.29, 1.82) is 0 Å². The molecule has 0 heterocycles. The highest BCUT2D eigenvalue weighted by Gasteiger charge is 2.65. The van der Waals surface area contributed by atoms with E-state index >= 15 is 0 Å². The van der Waals surface area contributed by atoms with Crippen LogP contribution in [0.3, 0.4) is 0 Å². The highest BCUT2D eigenvalue weighted by Crippen LogP contribution is 2.54. The second-order valence-corrected chi connectivity index (χ2v) is 4.18. The van der Waals surface area contributed by atoms with Gasteiger partial charge in [-0.1, -0.05) is 12.1 Å². The number of nitrogens with zero attached hydrogens (tertiary/aromatic N) is 1. The van der Waals surface area contributed by atoms with Crippen LogP contribution in [-0.2, 0) is 15.0 Å². The third-order valence-electron chi connectivity index (χ3n) is 3.23. The molecule has 2 atom stereocenters. The summed E-state index contributed by atoms with van der Waals surface area (Å²) in [5, 5.41) is 28.5. The van der Waals surface area contributed by atoms with Crippen LogP contribution in [-0.4, -0.2) is 27.1 Å². The van der Waals surface area contributed by atoms with Gasteiger partial charge >= 0.3 is 11.9 Å². The van der Waals surface area contributed by atoms with Crippen molar-refractivity contribution < 1.29 is 24.7 Å². The summed E-state index contributed by atoms with van der Waals surface area (Å²) in [6, 6.07) is 4.96. The quantitative estimate of drug-likeness (QED) is 0.609. The number of hydrogen-bond acceptors (Lipinski definition) is 4. The van der Waals surface area contributed by atoms with E-state index in [4.69, 9.17) is 10.2 Å². The minimum Gasteiger partial charge on any atom is -0.481 e. The van der Waals surface area contributed by atoms with Gasteiger partial charge < -0.3 is 10.2 Å². The van der Waals surface area contributed by atoms with E-state index in [0.29, 0.717) is 0 Å². The summed E-state index contributed by atoms with van der Waals surface area (Å²) in [6.45, 7) is 0. The molecule has 1 aromatic carbocycles. The number of hydrogen-bond donors (Lipinski definition) is 2. The zero-order chi connectivity index (χ0) is 13.5. The average Bonchev–Trinajstić information content (AvgIpc) is 3.05. The molecular weight excluding hydrogens is 242 g/mol. The standard InChI is InChI=1S/C11H9NO6/c13-9(14)8-5-11(8,10(15)16)6-1-3-7(4-2-6)12(17)18/h1-4,8H,5H2,(H,13,14)(H,15,16). The summed E-state index contributed by atoms with van der Waals surface area (Å²) in [5.41, 5.74) is -1.32. The zero-order valence-electron chi connectivity index (χ0n) is 9.07. The van der Waals surface area contributed by atoms with E-state index in [9.17, 15) is 19.7 Å². The first-order valence-corrected chi connectivity index (χ1v) is 5.10. The van der Waals surface area contributed by atoms with Crippen LogP contribution in [0, 0.1) is 16.0 Å². The Morgan fingerprint density at radius 3 is 2.17 bits per heavy atom. The maximum atomic E-state index is 11.2. The fourth-order valence-electron chi connectivity index (χ4n) is 2.12. The maximum absolute atomic E-state index is 11.2. The minimum absolute atomic E-state index is 0.00940. The Morgan fingerprint density at radius 2 is 1.83 bits per heavy atom. The van der Waals surface area contributed by atoms with Crippen molar-refractivity contribution in [2.24, 2.45) is 5.92 Å². The molecule has 0 bridgehead atoms. The third kappa shape index (κ3) is 1.60. The smallest absolute Gasteiger partial charge is 0.315 e. The molecule has 2 unspecified atom stereocenters. The van der Waals surface area contributed by atoms with Crippen molar-refractivity contribution >= 4 is 17.6 Å². The van der Waals surface area contributed by atoms with Gasteiger partial charge in [0.2, 0.25) is 0 Å². The van der Waals surface area contributed by atoms with Crippen molar-refractivity contribution in [2.75, 3.05) is 0 Å². The number of aliphatic carboxylic acids is 2. The van der Waals surface area contributed by atoms with Gasteiger partial charge in [0.1, 0.15) is 5.41 Å². The Kier molecular flexibility index (Phi) is 2.54. The lowest BCUT2D eigenvalue weighted by atomic mass is 9.93. The number of carboxylic acids is 2. The lowest BCUT2D eigenvalue weighted by Crippen LogP contribution is -2.25. The Morgan fingerprint density at radius 1 is 1.28 bits per heavy atom. The van der Waals surface area contributed by atoms with Crippen LogP contribution < -0.4 is 0 Å². The molecule has 7 heteroatoms. The second-order valence-electron chi connectivity index (χ2n) is 4.18. The van der Waals surface area contributed by atoms with Gasteiger partial charge in [0.05, 0.1) is 10.8 Å². The van der Waals surface area contributed by atoms with Gasteiger partial charge in [-0.3, -0.25) is 19.7 Å². The van der Waals surface area contributed by atoms with E-state index in [1.165, 1.54) is 24.3 Å². The molecule has 2 N–H and O–H groups in total. The normalized spacial score (nSPS) is 25.4. The van der Waals surface area contributed by atoms with Crippen molar-refractivity contribution in [3.63, 3.8) is 0 Å². The van der Waals surface area contributed by atoms with E-state index in [-0.39, 0.29) is 17.7 Å². The summed E-state index contributed by atoms with van der Waals surface area (Å²) >= 11 is 0. The number of carboxylic acid groups (broad SMARTS) is 2. The first-order valence-electron chi connectivity index (χ1n) is 5.10. The molecule has 1 aromatic rings. The van der Waals surface area contributed by atoms with E-state index in [1.807, 2.05) is 0 Å². The van der Waals surface area contributed by atoms with Crippen molar-refractivity contribution in [3.8, 4) is 0 Å². The third-order valence-corrected chi connectivity index (χ3v) is 3.23. The first kappa shape index (κ1) is 12.0. The molecule has 7 nitrogen and oxygen atoms in total. The Hall–Kier alpha value is -2.44. The highest BCUT2D eigenvalue weighted by atomic mass is 16.6. The van der Waals surface area contributed by atoms with Crippen molar-refractivity contribution in [3.05, 3.63) is 39.9 Å². The van der Waals surface area contributed by atoms with Crippen LogP contribution in [0.15, 0.2) is 24.3 Å². The van der Waals surface area contributed by atoms with Crippen molar-refractivity contribution in [2.45, 2.75) is 11.8 Å². The molecule has 1 aliphatic carbocycles. The summed E-state index contributed by atoms with van der Waals surface area (Å²) in [4.78, 5) is 32.0. The van der Waals surface area contributed by atoms with Crippen LogP contribution >= 0.6 is 0 Å². The van der Waals surface area contributed by atoms with Gasteiger partial charge in [-0.2, -0.15) is 0 Å². The summed E-state index contributed by atoms with van der Waals surface area (Å²) in [7, 11) is 0. The fraction of sp³-hybridized carbons (Fsp3) is 0.273. The fourth-order valence-corrected chi connectivity index (χ4v) is 2.12. The van der Waals surface area contributed by atoms with Crippen LogP contribution in [0.4, 0.5) is 5.69 Å². The van der Waals surface area contributed by atoms with E-state index in [0.717, 1.165) is 0 Å². The largest absolute Gasteiger partial charge is 0.481 e. The Balaban J connectivity index is 2.38. The monoisotopic (exact) mass is 251 g/mol. The zero-order valence-corrected chi connectivity index (χ0v) is 9.07. The van der Waals surface area contributed by atoms with E-state index in [1.54, 1.807) is 0 Å². The number of non-ortho nitro benzene ring substituents is 1. The van der Waals surface area contributed by atoms with Gasteiger partial charge in [0.25, 0.3) is 5.69 Å². The van der Waals surface area contributed by atoms with Gasteiger partial charge in [-0.15, -0.1) is 0 Å². The molecule has 18 heavy (non-hydrogen) atoms. The maximum Gasteiger partial charge on any atom is 0.315 e. The predicted molar refractivity (Wildman–Crippen MR) is 58.2 cm³/mol. The Labute approximate surface area is 101 Å². The van der Waals surface area contributed by atoms with Crippen LogP contribution in [0.2, 0.25) is 0 Å². The molecule has 0 spiro atoms. The molecule has 0 amide bonds. The number of nitro benzene ring substituents is 1. The molecule has 0 saturated heterocycles. The van der Waals surface area contributed by atoms with E-state index < -0.39 is 28.2 Å². The molecule has 1 aliphatic rings. The molecule has 1 fully saturated rings. The van der Waals surface area contributed by atoms with Crippen LogP contribution in [0.25, 0.3) is 0 Å². The molecule has 1 saturated carbocycles. The SMILES string of the molecule is O=C(O)C1CC1(C(=O)O)c1ccc([N+](=O)[O-])cc1. The van der Waals surface area contributed by atoms with Gasteiger partial charge in [-0.25, -0.2) is 0 Å². The highest BCUT2D eigenvalue weighted by molar-refractivity contribution is 5.94. The molecule has 2 rings (SSSR count). The number of carbonyl (C=O) groups is 2. The second kappa shape index (κ2) is 3.80. The first-order chi connectivity index (χ1) is 8.39. The molecule has 94 valence electrons. The Bertz CT molecular complexity index is 537. The number of benzene rings is 1. The molecule has 0 aromatic heterocycles. The summed E-state index contributed by atoms with van der Waals surface area (Å²) < 4.78 is 0. The van der Waals surface area contributed by atoms with Gasteiger partial charge in [0, 0.05) is 12.1 Å². The molecule has 0 aliphatic heterocycles. The average molecular weight is 251 g/mol. The minimum atomic E-state index is -1.44. The summed E-state index contributed by atoms with van der Waals surface area (Å²) in [5.74, 6) is -3.36. The van der Waals surface area contributed by atoms with E-state index in [2.05, 4.69) is 0 Å². The topological polar surface area (TPSA) is 118 Å². The van der Waals surface area contributed by atoms with Crippen LogP contribution in [0.1, 0.15) is 12.0 Å². The number of nitro groups is 1. The predicted octanol–water partition coefficient (Wildman–Crippen LogP) is 1.02. The van der Waals surface area contributed by atoms with Crippen LogP contribution in [0.5, 0.6) is 0 Å². The lowest BCUT2D eigenvalue weighted by molar-refractivity contribution is -0.384. The van der Waals surface area contributed by atoms with Gasteiger partial charge in [0.15, 0.2) is 0 Å². The number of rotatable bonds is 4. The summed E-state index contributed by atoms with van der Waals surface area (Å²) in [6.07, 6.45) is 0.00940. The molecule has 0 radical (unpaired) electrons.